The van der Waals surface area contributed by atoms with Crippen LogP contribution in [0.15, 0.2) is 48.5 Å². The van der Waals surface area contributed by atoms with Gasteiger partial charge in [0.25, 0.3) is 0 Å². The molecule has 1 heterocycles. The minimum absolute atomic E-state index is 0.0621. The van der Waals surface area contributed by atoms with Crippen molar-refractivity contribution in [2.45, 2.75) is 31.5 Å². The van der Waals surface area contributed by atoms with Gasteiger partial charge in [0.15, 0.2) is 0 Å². The summed E-state index contributed by atoms with van der Waals surface area (Å²) in [6.45, 7) is 6.48. The molecule has 0 spiro atoms. The van der Waals surface area contributed by atoms with Crippen LogP contribution in [0, 0.1) is 0 Å². The Hall–Kier alpha value is -2.15. The monoisotopic (exact) mass is 403 g/mol. The van der Waals surface area contributed by atoms with Crippen LogP contribution in [0.5, 0.6) is 11.5 Å². The number of halogens is 1. The Bertz CT molecular complexity index is 759. The van der Waals surface area contributed by atoms with Crippen LogP contribution >= 0.6 is 0 Å². The first-order valence-electron chi connectivity index (χ1n) is 9.99. The van der Waals surface area contributed by atoms with E-state index in [2.05, 4.69) is 18.7 Å². The van der Waals surface area contributed by atoms with E-state index >= 15 is 0 Å². The van der Waals surface area contributed by atoms with Gasteiger partial charge in [0.1, 0.15) is 43.6 Å². The van der Waals surface area contributed by atoms with E-state index < -0.39 is 18.9 Å². The topological polar surface area (TPSA) is 61.9 Å². The molecule has 6 heteroatoms. The first-order valence-corrected chi connectivity index (χ1v) is 9.99. The lowest BCUT2D eigenvalue weighted by molar-refractivity contribution is 0.0842. The minimum atomic E-state index is -1.10. The van der Waals surface area contributed by atoms with Crippen molar-refractivity contribution in [1.29, 1.82) is 0 Å². The molecule has 158 valence electrons. The predicted molar refractivity (Wildman–Crippen MR) is 110 cm³/mol. The highest BCUT2D eigenvalue weighted by Gasteiger charge is 2.24. The van der Waals surface area contributed by atoms with Crippen molar-refractivity contribution in [3.63, 3.8) is 0 Å². The Kier molecular flexibility index (Phi) is 7.11. The van der Waals surface area contributed by atoms with E-state index in [1.807, 2.05) is 48.5 Å². The van der Waals surface area contributed by atoms with Crippen molar-refractivity contribution >= 4 is 0 Å². The van der Waals surface area contributed by atoms with Gasteiger partial charge in [-0.15, -0.1) is 0 Å². The predicted octanol–water partition coefficient (Wildman–Crippen LogP) is 2.78. The number of hydrogen-bond acceptors (Lipinski definition) is 5. The first kappa shape index (κ1) is 21.6. The smallest absolute Gasteiger partial charge is 0.119 e. The SMILES string of the molecule is CC(C)(c1ccc(OC[C@H](O)CF)cc1)c1ccc(OC[C@H](O)CN2CC2)cc1. The van der Waals surface area contributed by atoms with Gasteiger partial charge in [-0.25, -0.2) is 4.39 Å². The summed E-state index contributed by atoms with van der Waals surface area (Å²) >= 11 is 0. The Balaban J connectivity index is 1.57. The second kappa shape index (κ2) is 9.57. The van der Waals surface area contributed by atoms with Crippen molar-refractivity contribution in [2.24, 2.45) is 0 Å². The number of alkyl halides is 1. The fourth-order valence-corrected chi connectivity index (χ4v) is 3.14. The van der Waals surface area contributed by atoms with E-state index in [0.29, 0.717) is 12.3 Å². The first-order chi connectivity index (χ1) is 13.9. The lowest BCUT2D eigenvalue weighted by atomic mass is 9.78. The third-order valence-corrected chi connectivity index (χ3v) is 5.22. The van der Waals surface area contributed by atoms with Crippen molar-refractivity contribution in [3.8, 4) is 11.5 Å². The van der Waals surface area contributed by atoms with Crippen LogP contribution in [0.2, 0.25) is 0 Å². The lowest BCUT2D eigenvalue weighted by Gasteiger charge is -2.26. The van der Waals surface area contributed by atoms with Gasteiger partial charge in [0.2, 0.25) is 0 Å². The van der Waals surface area contributed by atoms with Gasteiger partial charge in [-0.3, -0.25) is 4.90 Å². The van der Waals surface area contributed by atoms with E-state index in [9.17, 15) is 14.6 Å². The minimum Gasteiger partial charge on any atom is -0.491 e. The summed E-state index contributed by atoms with van der Waals surface area (Å²) in [5.74, 6) is 1.34. The fourth-order valence-electron chi connectivity index (χ4n) is 3.14. The van der Waals surface area contributed by atoms with E-state index in [1.165, 1.54) is 0 Å². The summed E-state index contributed by atoms with van der Waals surface area (Å²) in [5, 5.41) is 19.2. The van der Waals surface area contributed by atoms with Gasteiger partial charge in [0, 0.05) is 25.0 Å². The highest BCUT2D eigenvalue weighted by molar-refractivity contribution is 5.41. The molecule has 0 amide bonds. The molecule has 1 fully saturated rings. The Labute approximate surface area is 171 Å². The summed E-state index contributed by atoms with van der Waals surface area (Å²) in [4.78, 5) is 2.17. The van der Waals surface area contributed by atoms with Gasteiger partial charge in [-0.1, -0.05) is 38.1 Å². The molecule has 0 unspecified atom stereocenters. The Morgan fingerprint density at radius 1 is 0.862 bits per heavy atom. The largest absolute Gasteiger partial charge is 0.491 e. The molecule has 0 aromatic heterocycles. The molecule has 0 radical (unpaired) electrons. The van der Waals surface area contributed by atoms with Crippen molar-refractivity contribution < 1.29 is 24.1 Å². The van der Waals surface area contributed by atoms with Crippen molar-refractivity contribution in [2.75, 3.05) is 39.5 Å². The van der Waals surface area contributed by atoms with Crippen LogP contribution < -0.4 is 9.47 Å². The molecule has 3 rings (SSSR count). The molecular formula is C23H30FNO4. The Morgan fingerprint density at radius 3 is 1.72 bits per heavy atom. The van der Waals surface area contributed by atoms with Crippen LogP contribution in [0.1, 0.15) is 25.0 Å². The molecule has 2 N–H and O–H groups in total. The van der Waals surface area contributed by atoms with Crippen molar-refractivity contribution in [1.82, 2.24) is 4.90 Å². The number of benzene rings is 2. The molecule has 0 saturated carbocycles. The van der Waals surface area contributed by atoms with Gasteiger partial charge in [0.05, 0.1) is 0 Å². The van der Waals surface area contributed by atoms with Gasteiger partial charge < -0.3 is 19.7 Å². The maximum Gasteiger partial charge on any atom is 0.119 e. The standard InChI is InChI=1S/C23H30FNO4/c1-23(2,17-3-7-21(8-4-17)28-15-19(26)13-24)18-5-9-22(10-6-18)29-16-20(27)14-25-11-12-25/h3-10,19-20,26-27H,11-16H2,1-2H3/t19-,20-/m1/s1. The van der Waals surface area contributed by atoms with Gasteiger partial charge >= 0.3 is 0 Å². The molecule has 1 aliphatic rings. The number of hydrogen-bond donors (Lipinski definition) is 2. The lowest BCUT2D eigenvalue weighted by Crippen LogP contribution is -2.26. The number of aliphatic hydroxyl groups is 2. The fraction of sp³-hybridized carbons (Fsp3) is 0.478. The molecule has 5 nitrogen and oxygen atoms in total. The molecular weight excluding hydrogens is 373 g/mol. The number of nitrogens with zero attached hydrogens (tertiary/aromatic N) is 1. The average Bonchev–Trinajstić information content (AvgIpc) is 3.55. The van der Waals surface area contributed by atoms with E-state index in [4.69, 9.17) is 9.47 Å². The molecule has 1 saturated heterocycles. The van der Waals surface area contributed by atoms with Gasteiger partial charge in [-0.2, -0.15) is 0 Å². The maximum absolute atomic E-state index is 12.3. The number of β-amino-alcohol motifs (C(OH)–C–C–N with tert-alkyl or cyclic N) is 1. The van der Waals surface area contributed by atoms with Crippen LogP contribution in [0.4, 0.5) is 4.39 Å². The zero-order chi connectivity index (χ0) is 20.9. The molecule has 2 aromatic carbocycles. The Morgan fingerprint density at radius 2 is 1.31 bits per heavy atom. The summed E-state index contributed by atoms with van der Waals surface area (Å²) in [5.41, 5.74) is 2.02. The summed E-state index contributed by atoms with van der Waals surface area (Å²) in [6, 6.07) is 15.5. The van der Waals surface area contributed by atoms with E-state index in [0.717, 1.165) is 30.0 Å². The van der Waals surface area contributed by atoms with Crippen LogP contribution in [0.3, 0.4) is 0 Å². The zero-order valence-corrected chi connectivity index (χ0v) is 17.1. The molecule has 1 aliphatic heterocycles. The second-order valence-corrected chi connectivity index (χ2v) is 8.06. The third kappa shape index (κ3) is 6.16. The average molecular weight is 403 g/mol. The highest BCUT2D eigenvalue weighted by Crippen LogP contribution is 2.33. The summed E-state index contributed by atoms with van der Waals surface area (Å²) in [6.07, 6.45) is -1.57. The van der Waals surface area contributed by atoms with Crippen LogP contribution in [-0.4, -0.2) is 66.8 Å². The number of rotatable bonds is 11. The third-order valence-electron chi connectivity index (χ3n) is 5.22. The normalized spacial score (nSPS) is 16.3. The van der Waals surface area contributed by atoms with Gasteiger partial charge in [-0.05, 0) is 35.4 Å². The molecule has 29 heavy (non-hydrogen) atoms. The summed E-state index contributed by atoms with van der Waals surface area (Å²) < 4.78 is 23.4. The quantitative estimate of drug-likeness (QED) is 0.565. The van der Waals surface area contributed by atoms with Crippen LogP contribution in [-0.2, 0) is 5.41 Å². The zero-order valence-electron chi connectivity index (χ0n) is 17.1. The van der Waals surface area contributed by atoms with Crippen LogP contribution in [0.25, 0.3) is 0 Å². The van der Waals surface area contributed by atoms with Crippen molar-refractivity contribution in [3.05, 3.63) is 59.7 Å². The molecule has 2 aromatic rings. The maximum atomic E-state index is 12.3. The second-order valence-electron chi connectivity index (χ2n) is 8.06. The molecule has 2 atom stereocenters. The molecule has 0 aliphatic carbocycles. The number of aliphatic hydroxyl groups excluding tert-OH is 2. The summed E-state index contributed by atoms with van der Waals surface area (Å²) in [7, 11) is 0. The highest BCUT2D eigenvalue weighted by atomic mass is 19.1. The molecule has 0 bridgehead atoms. The van der Waals surface area contributed by atoms with E-state index in [-0.39, 0.29) is 18.6 Å². The number of ether oxygens (including phenoxy) is 2. The van der Waals surface area contributed by atoms with E-state index in [1.54, 1.807) is 0 Å².